The van der Waals surface area contributed by atoms with Crippen molar-refractivity contribution in [3.8, 4) is 6.01 Å². The van der Waals surface area contributed by atoms with Crippen LogP contribution in [0.15, 0.2) is 22.7 Å². The van der Waals surface area contributed by atoms with Crippen molar-refractivity contribution in [2.45, 2.75) is 13.8 Å². The molecule has 0 aliphatic carbocycles. The second kappa shape index (κ2) is 6.16. The van der Waals surface area contributed by atoms with Crippen molar-refractivity contribution in [2.75, 3.05) is 11.9 Å². The fourth-order valence-corrected chi connectivity index (χ4v) is 1.83. The van der Waals surface area contributed by atoms with E-state index in [2.05, 4.69) is 36.2 Å². The van der Waals surface area contributed by atoms with E-state index in [9.17, 15) is 0 Å². The van der Waals surface area contributed by atoms with Gasteiger partial charge in [-0.05, 0) is 49.2 Å². The average Bonchev–Trinajstić information content (AvgIpc) is 2.33. The summed E-state index contributed by atoms with van der Waals surface area (Å²) in [5, 5.41) is 3.16. The van der Waals surface area contributed by atoms with Crippen LogP contribution in [-0.4, -0.2) is 21.6 Å². The van der Waals surface area contributed by atoms with E-state index < -0.39 is 0 Å². The van der Waals surface area contributed by atoms with E-state index in [0.717, 1.165) is 15.7 Å². The van der Waals surface area contributed by atoms with Gasteiger partial charge in [-0.25, -0.2) is 0 Å². The van der Waals surface area contributed by atoms with E-state index in [0.29, 0.717) is 12.6 Å². The van der Waals surface area contributed by atoms with Gasteiger partial charge in [-0.3, -0.25) is 0 Å². The van der Waals surface area contributed by atoms with E-state index in [1.54, 1.807) is 0 Å². The van der Waals surface area contributed by atoms with Crippen LogP contribution in [0, 0.1) is 6.92 Å². The molecule has 1 aromatic carbocycles. The highest BCUT2D eigenvalue weighted by atomic mass is 79.9. The molecule has 7 heteroatoms. The molecular weight excluding hydrogens is 332 g/mol. The second-order valence-corrected chi connectivity index (χ2v) is 4.92. The molecule has 0 spiro atoms. The standard InChI is InChI=1S/C12H12BrClN4O/c1-3-19-12-17-10(14)16-11(18-12)15-8-4-5-9(13)7(2)6-8/h4-6H,3H2,1-2H3,(H,15,16,17,18). The van der Waals surface area contributed by atoms with E-state index >= 15 is 0 Å². The molecule has 1 heterocycles. The summed E-state index contributed by atoms with van der Waals surface area (Å²) in [4.78, 5) is 12.0. The van der Waals surface area contributed by atoms with Gasteiger partial charge in [0.15, 0.2) is 0 Å². The number of rotatable bonds is 4. The van der Waals surface area contributed by atoms with Crippen LogP contribution in [0.3, 0.4) is 0 Å². The summed E-state index contributed by atoms with van der Waals surface area (Å²) in [5.74, 6) is 0.352. The molecule has 0 bridgehead atoms. The van der Waals surface area contributed by atoms with Crippen LogP contribution in [0.25, 0.3) is 0 Å². The summed E-state index contributed by atoms with van der Waals surface area (Å²) >= 11 is 9.27. The Labute approximate surface area is 124 Å². The van der Waals surface area contributed by atoms with Crippen LogP contribution in [0.1, 0.15) is 12.5 Å². The van der Waals surface area contributed by atoms with Gasteiger partial charge in [-0.15, -0.1) is 0 Å². The predicted octanol–water partition coefficient (Wildman–Crippen LogP) is 3.74. The first kappa shape index (κ1) is 14.0. The maximum Gasteiger partial charge on any atom is 0.322 e. The van der Waals surface area contributed by atoms with Crippen molar-refractivity contribution in [1.82, 2.24) is 15.0 Å². The third-order valence-corrected chi connectivity index (χ3v) is 3.33. The van der Waals surface area contributed by atoms with Crippen molar-refractivity contribution < 1.29 is 4.74 Å². The molecule has 2 rings (SSSR count). The van der Waals surface area contributed by atoms with Gasteiger partial charge in [0.05, 0.1) is 6.61 Å². The maximum atomic E-state index is 5.82. The molecule has 19 heavy (non-hydrogen) atoms. The Bertz CT molecular complexity index is 594. The highest BCUT2D eigenvalue weighted by molar-refractivity contribution is 9.10. The van der Waals surface area contributed by atoms with Gasteiger partial charge in [0.1, 0.15) is 0 Å². The Balaban J connectivity index is 2.24. The number of aryl methyl sites for hydroxylation is 1. The van der Waals surface area contributed by atoms with E-state index in [4.69, 9.17) is 16.3 Å². The van der Waals surface area contributed by atoms with E-state index in [-0.39, 0.29) is 11.3 Å². The first-order chi connectivity index (χ1) is 9.08. The number of halogens is 2. The van der Waals surface area contributed by atoms with Crippen molar-refractivity contribution in [3.05, 3.63) is 33.5 Å². The minimum Gasteiger partial charge on any atom is -0.464 e. The number of anilines is 2. The molecule has 5 nitrogen and oxygen atoms in total. The molecule has 1 aromatic heterocycles. The number of hydrogen-bond acceptors (Lipinski definition) is 5. The number of benzene rings is 1. The van der Waals surface area contributed by atoms with Crippen LogP contribution in [-0.2, 0) is 0 Å². The lowest BCUT2D eigenvalue weighted by Gasteiger charge is -2.08. The zero-order valence-corrected chi connectivity index (χ0v) is 12.8. The zero-order chi connectivity index (χ0) is 13.8. The van der Waals surface area contributed by atoms with E-state index in [1.165, 1.54) is 0 Å². The van der Waals surface area contributed by atoms with Crippen LogP contribution in [0.5, 0.6) is 6.01 Å². The Kier molecular flexibility index (Phi) is 4.55. The summed E-state index contributed by atoms with van der Waals surface area (Å²) < 4.78 is 6.26. The highest BCUT2D eigenvalue weighted by Crippen LogP contribution is 2.22. The lowest BCUT2D eigenvalue weighted by molar-refractivity contribution is 0.312. The molecule has 0 fully saturated rings. The Hall–Kier alpha value is -1.40. The fourth-order valence-electron chi connectivity index (χ4n) is 1.43. The van der Waals surface area contributed by atoms with Gasteiger partial charge in [-0.2, -0.15) is 15.0 Å². The third kappa shape index (κ3) is 3.78. The van der Waals surface area contributed by atoms with Gasteiger partial charge >= 0.3 is 6.01 Å². The van der Waals surface area contributed by atoms with Crippen LogP contribution in [0.2, 0.25) is 5.28 Å². The van der Waals surface area contributed by atoms with Crippen LogP contribution >= 0.6 is 27.5 Å². The molecule has 0 amide bonds. The SMILES string of the molecule is CCOc1nc(Cl)nc(Nc2ccc(Br)c(C)c2)n1. The monoisotopic (exact) mass is 342 g/mol. The molecule has 0 aliphatic rings. The summed E-state index contributed by atoms with van der Waals surface area (Å²) in [6.07, 6.45) is 0. The van der Waals surface area contributed by atoms with Crippen LogP contribution in [0.4, 0.5) is 11.6 Å². The molecular formula is C12H12BrClN4O. The van der Waals surface area contributed by atoms with Crippen molar-refractivity contribution in [3.63, 3.8) is 0 Å². The summed E-state index contributed by atoms with van der Waals surface area (Å²) in [5.41, 5.74) is 1.97. The van der Waals surface area contributed by atoms with Gasteiger partial charge in [0.25, 0.3) is 0 Å². The largest absolute Gasteiger partial charge is 0.464 e. The number of nitrogens with zero attached hydrogens (tertiary/aromatic N) is 3. The molecule has 2 aromatic rings. The summed E-state index contributed by atoms with van der Waals surface area (Å²) in [6, 6.07) is 6.04. The maximum absolute atomic E-state index is 5.82. The Morgan fingerprint density at radius 2 is 2.11 bits per heavy atom. The molecule has 100 valence electrons. The number of aromatic nitrogens is 3. The number of ether oxygens (including phenoxy) is 1. The van der Waals surface area contributed by atoms with Crippen LogP contribution < -0.4 is 10.1 Å². The quantitative estimate of drug-likeness (QED) is 0.916. The zero-order valence-electron chi connectivity index (χ0n) is 10.4. The molecule has 0 unspecified atom stereocenters. The predicted molar refractivity (Wildman–Crippen MR) is 78.2 cm³/mol. The van der Waals surface area contributed by atoms with E-state index in [1.807, 2.05) is 32.0 Å². The van der Waals surface area contributed by atoms with Gasteiger partial charge in [0.2, 0.25) is 11.2 Å². The number of nitrogens with one attached hydrogen (secondary N) is 1. The topological polar surface area (TPSA) is 59.9 Å². The minimum absolute atomic E-state index is 0.0924. The first-order valence-electron chi connectivity index (χ1n) is 5.66. The minimum atomic E-state index is 0.0924. The van der Waals surface area contributed by atoms with Crippen molar-refractivity contribution >= 4 is 39.2 Å². The second-order valence-electron chi connectivity index (χ2n) is 3.73. The summed E-state index contributed by atoms with van der Waals surface area (Å²) in [6.45, 7) is 4.32. The highest BCUT2D eigenvalue weighted by Gasteiger charge is 2.06. The van der Waals surface area contributed by atoms with Crippen molar-refractivity contribution in [2.24, 2.45) is 0 Å². The number of hydrogen-bond donors (Lipinski definition) is 1. The normalized spacial score (nSPS) is 10.3. The average molecular weight is 344 g/mol. The molecule has 0 saturated carbocycles. The van der Waals surface area contributed by atoms with Crippen molar-refractivity contribution in [1.29, 1.82) is 0 Å². The molecule has 1 N–H and O–H groups in total. The summed E-state index contributed by atoms with van der Waals surface area (Å²) in [7, 11) is 0. The van der Waals surface area contributed by atoms with Gasteiger partial charge in [-0.1, -0.05) is 15.9 Å². The van der Waals surface area contributed by atoms with Gasteiger partial charge in [0, 0.05) is 10.2 Å². The lowest BCUT2D eigenvalue weighted by atomic mass is 10.2. The third-order valence-electron chi connectivity index (χ3n) is 2.28. The van der Waals surface area contributed by atoms with Gasteiger partial charge < -0.3 is 10.1 Å². The smallest absolute Gasteiger partial charge is 0.322 e. The first-order valence-corrected chi connectivity index (χ1v) is 6.83. The Morgan fingerprint density at radius 3 is 2.79 bits per heavy atom. The lowest BCUT2D eigenvalue weighted by Crippen LogP contribution is -2.03. The molecule has 0 atom stereocenters. The molecule has 0 aliphatic heterocycles. The Morgan fingerprint density at radius 1 is 1.32 bits per heavy atom. The fraction of sp³-hybridized carbons (Fsp3) is 0.250. The molecule has 0 radical (unpaired) electrons. The molecule has 0 saturated heterocycles.